The monoisotopic (exact) mass is 307 g/mol. The molecule has 0 atom stereocenters. The fraction of sp³-hybridized carbons (Fsp3) is 0.0556. The van der Waals surface area contributed by atoms with E-state index in [0.717, 1.165) is 11.0 Å². The summed E-state index contributed by atoms with van der Waals surface area (Å²) in [5, 5.41) is 3.78. The van der Waals surface area contributed by atoms with E-state index in [1.807, 2.05) is 30.3 Å². The van der Waals surface area contributed by atoms with Gasteiger partial charge in [-0.3, -0.25) is 4.79 Å². The van der Waals surface area contributed by atoms with E-state index in [1.54, 1.807) is 24.3 Å². The highest BCUT2D eigenvalue weighted by Crippen LogP contribution is 2.34. The van der Waals surface area contributed by atoms with Gasteiger partial charge in [-0.05, 0) is 30.3 Å². The first kappa shape index (κ1) is 13.5. The van der Waals surface area contributed by atoms with Gasteiger partial charge in [0, 0.05) is 23.2 Å². The van der Waals surface area contributed by atoms with Crippen molar-refractivity contribution in [2.24, 2.45) is 0 Å². The molecular formula is C18H13NO4. The number of ether oxygens (including phenoxy) is 2. The van der Waals surface area contributed by atoms with Gasteiger partial charge in [0.1, 0.15) is 11.3 Å². The molecule has 0 saturated carbocycles. The van der Waals surface area contributed by atoms with E-state index < -0.39 is 0 Å². The smallest absolute Gasteiger partial charge is 0.248 e. The minimum atomic E-state index is -0.246. The van der Waals surface area contributed by atoms with Gasteiger partial charge in [0.05, 0.1) is 0 Å². The first-order valence-electron chi connectivity index (χ1n) is 7.15. The van der Waals surface area contributed by atoms with Gasteiger partial charge in [0.25, 0.3) is 0 Å². The Hall–Kier alpha value is -3.21. The van der Waals surface area contributed by atoms with E-state index in [2.05, 4.69) is 5.32 Å². The highest BCUT2D eigenvalue weighted by Gasteiger charge is 2.13. The molecule has 23 heavy (non-hydrogen) atoms. The molecule has 5 heteroatoms. The molecule has 2 heterocycles. The fourth-order valence-corrected chi connectivity index (χ4v) is 2.40. The molecular weight excluding hydrogens is 294 g/mol. The Balaban J connectivity index is 1.47. The summed E-state index contributed by atoms with van der Waals surface area (Å²) in [6, 6.07) is 14.8. The van der Waals surface area contributed by atoms with E-state index in [0.29, 0.717) is 22.9 Å². The predicted molar refractivity (Wildman–Crippen MR) is 86.4 cm³/mol. The van der Waals surface area contributed by atoms with Gasteiger partial charge >= 0.3 is 0 Å². The lowest BCUT2D eigenvalue weighted by Gasteiger charge is -2.03. The molecule has 1 N–H and O–H groups in total. The zero-order chi connectivity index (χ0) is 15.6. The van der Waals surface area contributed by atoms with Gasteiger partial charge < -0.3 is 19.2 Å². The van der Waals surface area contributed by atoms with Crippen LogP contribution in [0, 0.1) is 0 Å². The molecule has 5 nitrogen and oxygen atoms in total. The van der Waals surface area contributed by atoms with Crippen molar-refractivity contribution in [3.63, 3.8) is 0 Å². The Kier molecular flexibility index (Phi) is 3.24. The number of anilines is 1. The zero-order valence-electron chi connectivity index (χ0n) is 12.1. The molecule has 1 aliphatic heterocycles. The Morgan fingerprint density at radius 2 is 1.91 bits per heavy atom. The van der Waals surface area contributed by atoms with Crippen molar-refractivity contribution in [1.82, 2.24) is 0 Å². The SMILES string of the molecule is O=C(/C=C/c1cc2ccccc2o1)Nc1ccc2c(c1)OCO2. The van der Waals surface area contributed by atoms with Crippen LogP contribution >= 0.6 is 0 Å². The Morgan fingerprint density at radius 1 is 1.04 bits per heavy atom. The molecule has 2 aromatic carbocycles. The standard InChI is InChI=1S/C18H13NO4/c20-18(19-13-5-7-16-17(10-13)22-11-21-16)8-6-14-9-12-3-1-2-4-15(12)23-14/h1-10H,11H2,(H,19,20)/b8-6+. The van der Waals surface area contributed by atoms with E-state index in [9.17, 15) is 4.79 Å². The highest BCUT2D eigenvalue weighted by molar-refractivity contribution is 6.02. The summed E-state index contributed by atoms with van der Waals surface area (Å²) < 4.78 is 16.1. The maximum absolute atomic E-state index is 12.0. The molecule has 0 fully saturated rings. The maximum Gasteiger partial charge on any atom is 0.248 e. The topological polar surface area (TPSA) is 60.7 Å². The third-order valence-electron chi connectivity index (χ3n) is 3.48. The summed E-state index contributed by atoms with van der Waals surface area (Å²) in [6.45, 7) is 0.207. The van der Waals surface area contributed by atoms with Crippen molar-refractivity contribution < 1.29 is 18.7 Å². The number of para-hydroxylation sites is 1. The number of benzene rings is 2. The summed E-state index contributed by atoms with van der Waals surface area (Å²) in [7, 11) is 0. The minimum absolute atomic E-state index is 0.207. The number of amides is 1. The van der Waals surface area contributed by atoms with Gasteiger partial charge in [-0.1, -0.05) is 18.2 Å². The number of rotatable bonds is 3. The van der Waals surface area contributed by atoms with Gasteiger partial charge in [0.15, 0.2) is 11.5 Å². The van der Waals surface area contributed by atoms with E-state index in [4.69, 9.17) is 13.9 Å². The number of carbonyl (C=O) groups excluding carboxylic acids is 1. The minimum Gasteiger partial charge on any atom is -0.457 e. The van der Waals surface area contributed by atoms with Crippen molar-refractivity contribution >= 4 is 28.6 Å². The summed E-state index contributed by atoms with van der Waals surface area (Å²) in [4.78, 5) is 12.0. The van der Waals surface area contributed by atoms with Crippen LogP contribution in [0.3, 0.4) is 0 Å². The van der Waals surface area contributed by atoms with Crippen LogP contribution in [0.25, 0.3) is 17.0 Å². The molecule has 0 spiro atoms. The Labute approximate surface area is 132 Å². The van der Waals surface area contributed by atoms with Crippen molar-refractivity contribution in [3.05, 3.63) is 60.4 Å². The van der Waals surface area contributed by atoms with E-state index in [-0.39, 0.29) is 12.7 Å². The predicted octanol–water partition coefficient (Wildman–Crippen LogP) is 3.81. The van der Waals surface area contributed by atoms with Crippen LogP contribution in [0.15, 0.2) is 59.0 Å². The van der Waals surface area contributed by atoms with Gasteiger partial charge in [-0.15, -0.1) is 0 Å². The molecule has 114 valence electrons. The van der Waals surface area contributed by atoms with Crippen molar-refractivity contribution in [2.45, 2.75) is 0 Å². The molecule has 0 radical (unpaired) electrons. The third kappa shape index (κ3) is 2.76. The number of hydrogen-bond donors (Lipinski definition) is 1. The third-order valence-corrected chi connectivity index (χ3v) is 3.48. The average molecular weight is 307 g/mol. The highest BCUT2D eigenvalue weighted by atomic mass is 16.7. The summed E-state index contributed by atoms with van der Waals surface area (Å²) in [5.41, 5.74) is 1.44. The van der Waals surface area contributed by atoms with Crippen molar-refractivity contribution in [1.29, 1.82) is 0 Å². The van der Waals surface area contributed by atoms with Crippen LogP contribution in [0.1, 0.15) is 5.76 Å². The fourth-order valence-electron chi connectivity index (χ4n) is 2.40. The van der Waals surface area contributed by atoms with Crippen molar-refractivity contribution in [3.8, 4) is 11.5 Å². The summed E-state index contributed by atoms with van der Waals surface area (Å²) in [6.07, 6.45) is 3.07. The average Bonchev–Trinajstić information content (AvgIpc) is 3.18. The van der Waals surface area contributed by atoms with Crippen molar-refractivity contribution in [2.75, 3.05) is 12.1 Å². The second-order valence-electron chi connectivity index (χ2n) is 5.08. The van der Waals surface area contributed by atoms with Crippen LogP contribution in [-0.2, 0) is 4.79 Å². The molecule has 0 saturated heterocycles. The number of nitrogens with one attached hydrogen (secondary N) is 1. The molecule has 4 rings (SSSR count). The number of hydrogen-bond acceptors (Lipinski definition) is 4. The maximum atomic E-state index is 12.0. The van der Waals surface area contributed by atoms with E-state index in [1.165, 1.54) is 6.08 Å². The first-order valence-corrected chi connectivity index (χ1v) is 7.15. The molecule has 1 aliphatic rings. The van der Waals surface area contributed by atoms with Gasteiger partial charge in [-0.2, -0.15) is 0 Å². The number of fused-ring (bicyclic) bond motifs is 2. The largest absolute Gasteiger partial charge is 0.457 e. The number of furan rings is 1. The lowest BCUT2D eigenvalue weighted by molar-refractivity contribution is -0.111. The second kappa shape index (κ2) is 5.53. The molecule has 1 aromatic heterocycles. The first-order chi connectivity index (χ1) is 11.3. The molecule has 0 aliphatic carbocycles. The lowest BCUT2D eigenvalue weighted by Crippen LogP contribution is -2.07. The molecule has 1 amide bonds. The van der Waals surface area contributed by atoms with Crippen LogP contribution in [0.4, 0.5) is 5.69 Å². The lowest BCUT2D eigenvalue weighted by atomic mass is 10.2. The quantitative estimate of drug-likeness (QED) is 0.747. The normalized spacial score (nSPS) is 12.9. The zero-order valence-corrected chi connectivity index (χ0v) is 12.1. The summed E-state index contributed by atoms with van der Waals surface area (Å²) >= 11 is 0. The van der Waals surface area contributed by atoms with Gasteiger partial charge in [0.2, 0.25) is 12.7 Å². The second-order valence-corrected chi connectivity index (χ2v) is 5.08. The molecule has 0 bridgehead atoms. The van der Waals surface area contributed by atoms with E-state index >= 15 is 0 Å². The van der Waals surface area contributed by atoms with Crippen LogP contribution in [0.5, 0.6) is 11.5 Å². The number of carbonyl (C=O) groups is 1. The summed E-state index contributed by atoms with van der Waals surface area (Å²) in [5.74, 6) is 1.70. The molecule has 0 unspecified atom stereocenters. The van der Waals surface area contributed by atoms with Crippen LogP contribution < -0.4 is 14.8 Å². The van der Waals surface area contributed by atoms with Crippen LogP contribution in [0.2, 0.25) is 0 Å². The van der Waals surface area contributed by atoms with Crippen LogP contribution in [-0.4, -0.2) is 12.7 Å². The Morgan fingerprint density at radius 3 is 2.83 bits per heavy atom. The Bertz CT molecular complexity index is 877. The van der Waals surface area contributed by atoms with Gasteiger partial charge in [-0.25, -0.2) is 0 Å². The molecule has 3 aromatic rings.